The molecule has 0 atom stereocenters. The average Bonchev–Trinajstić information content (AvgIpc) is 3.10. The van der Waals surface area contributed by atoms with Gasteiger partial charge in [-0.15, -0.1) is 11.3 Å². The van der Waals surface area contributed by atoms with Crippen molar-refractivity contribution in [2.75, 3.05) is 0 Å². The number of nitrogens with one attached hydrogen (secondary N) is 1. The summed E-state index contributed by atoms with van der Waals surface area (Å²) in [4.78, 5) is 39.4. The molecule has 0 aliphatic carbocycles. The third-order valence-electron chi connectivity index (χ3n) is 4.11. The Morgan fingerprint density at radius 2 is 1.81 bits per heavy atom. The number of benzene rings is 1. The van der Waals surface area contributed by atoms with Crippen LogP contribution in [-0.4, -0.2) is 20.6 Å². The van der Waals surface area contributed by atoms with E-state index >= 15 is 0 Å². The van der Waals surface area contributed by atoms with E-state index in [9.17, 15) is 14.4 Å². The number of thiophene rings is 1. The van der Waals surface area contributed by atoms with Gasteiger partial charge >= 0.3 is 5.69 Å². The van der Waals surface area contributed by atoms with Gasteiger partial charge in [0.05, 0.1) is 10.9 Å². The van der Waals surface area contributed by atoms with Crippen LogP contribution in [0.2, 0.25) is 0 Å². The highest BCUT2D eigenvalue weighted by atomic mass is 32.1. The van der Waals surface area contributed by atoms with Gasteiger partial charge in [-0.2, -0.15) is 0 Å². The summed E-state index contributed by atoms with van der Waals surface area (Å²) in [7, 11) is 0. The predicted octanol–water partition coefficient (Wildman–Crippen LogP) is 2.38. The van der Waals surface area contributed by atoms with Crippen LogP contribution < -0.4 is 16.6 Å². The van der Waals surface area contributed by atoms with Crippen molar-refractivity contribution in [1.82, 2.24) is 14.5 Å². The largest absolute Gasteiger partial charge is 0.350 e. The number of aryl methyl sites for hydroxylation is 1. The molecule has 0 bridgehead atoms. The van der Waals surface area contributed by atoms with Crippen molar-refractivity contribution in [2.45, 2.75) is 45.8 Å². The monoisotopic (exact) mass is 385 g/mol. The Balaban J connectivity index is 2.04. The van der Waals surface area contributed by atoms with Crippen LogP contribution in [0.25, 0.3) is 10.9 Å². The lowest BCUT2D eigenvalue weighted by Crippen LogP contribution is -2.46. The average molecular weight is 385 g/mol. The fraction of sp³-hybridized carbons (Fsp3) is 0.350. The van der Waals surface area contributed by atoms with Gasteiger partial charge in [-0.25, -0.2) is 4.79 Å². The van der Waals surface area contributed by atoms with Crippen molar-refractivity contribution in [3.05, 3.63) is 67.5 Å². The Labute approximate surface area is 161 Å². The van der Waals surface area contributed by atoms with Crippen LogP contribution in [0, 0.1) is 0 Å². The summed E-state index contributed by atoms with van der Waals surface area (Å²) in [6, 6.07) is 10.8. The Morgan fingerprint density at radius 3 is 2.48 bits per heavy atom. The van der Waals surface area contributed by atoms with Gasteiger partial charge in [-0.05, 0) is 50.8 Å². The molecule has 1 aromatic carbocycles. The Kier molecular flexibility index (Phi) is 5.32. The standard InChI is InChI=1S/C20H23N3O3S/c1-20(2,3)21-17(24)13-23-16-9-5-4-8-15(16)18(25)22(19(23)26)11-10-14-7-6-12-27-14/h4-9,12H,10-11,13H2,1-3H3,(H,21,24). The second kappa shape index (κ2) is 7.52. The van der Waals surface area contributed by atoms with Crippen LogP contribution in [0.3, 0.4) is 0 Å². The molecule has 2 heterocycles. The van der Waals surface area contributed by atoms with E-state index in [4.69, 9.17) is 0 Å². The smallest absolute Gasteiger partial charge is 0.331 e. The Morgan fingerprint density at radius 1 is 1.07 bits per heavy atom. The number of carbonyl (C=O) groups excluding carboxylic acids is 1. The number of hydrogen-bond donors (Lipinski definition) is 1. The van der Waals surface area contributed by atoms with E-state index in [1.807, 2.05) is 38.3 Å². The highest BCUT2D eigenvalue weighted by Crippen LogP contribution is 2.11. The van der Waals surface area contributed by atoms with Gasteiger partial charge in [0.1, 0.15) is 6.54 Å². The van der Waals surface area contributed by atoms with Gasteiger partial charge in [-0.1, -0.05) is 18.2 Å². The fourth-order valence-corrected chi connectivity index (χ4v) is 3.70. The van der Waals surface area contributed by atoms with Gasteiger partial charge in [0, 0.05) is 17.0 Å². The van der Waals surface area contributed by atoms with Crippen molar-refractivity contribution < 1.29 is 4.79 Å². The van der Waals surface area contributed by atoms with Crippen molar-refractivity contribution in [1.29, 1.82) is 0 Å². The molecule has 142 valence electrons. The van der Waals surface area contributed by atoms with Crippen molar-refractivity contribution in [3.63, 3.8) is 0 Å². The quantitative estimate of drug-likeness (QED) is 0.733. The van der Waals surface area contributed by atoms with Gasteiger partial charge in [0.25, 0.3) is 5.56 Å². The van der Waals surface area contributed by atoms with Gasteiger partial charge in [-0.3, -0.25) is 18.7 Å². The third-order valence-corrected chi connectivity index (χ3v) is 5.05. The van der Waals surface area contributed by atoms with E-state index in [1.165, 1.54) is 9.13 Å². The van der Waals surface area contributed by atoms with Crippen molar-refractivity contribution in [2.24, 2.45) is 0 Å². The van der Waals surface area contributed by atoms with Gasteiger partial charge in [0.2, 0.25) is 5.91 Å². The minimum atomic E-state index is -0.459. The second-order valence-corrected chi connectivity index (χ2v) is 8.50. The summed E-state index contributed by atoms with van der Waals surface area (Å²) in [6.45, 7) is 5.80. The summed E-state index contributed by atoms with van der Waals surface area (Å²) in [6.07, 6.45) is 0.597. The first kappa shape index (κ1) is 19.1. The first-order valence-corrected chi connectivity index (χ1v) is 9.70. The zero-order valence-electron chi connectivity index (χ0n) is 15.7. The van der Waals surface area contributed by atoms with E-state index in [0.717, 1.165) is 4.88 Å². The molecule has 6 nitrogen and oxygen atoms in total. The molecule has 27 heavy (non-hydrogen) atoms. The molecule has 2 aromatic heterocycles. The number of hydrogen-bond acceptors (Lipinski definition) is 4. The second-order valence-electron chi connectivity index (χ2n) is 7.47. The summed E-state index contributed by atoms with van der Waals surface area (Å²) in [5.74, 6) is -0.266. The topological polar surface area (TPSA) is 73.1 Å². The van der Waals surface area contributed by atoms with Crippen molar-refractivity contribution >= 4 is 28.1 Å². The molecule has 0 saturated carbocycles. The summed E-state index contributed by atoms with van der Waals surface area (Å²) in [5, 5.41) is 5.27. The summed E-state index contributed by atoms with van der Waals surface area (Å²) >= 11 is 1.59. The lowest BCUT2D eigenvalue weighted by Gasteiger charge is -2.21. The summed E-state index contributed by atoms with van der Waals surface area (Å²) < 4.78 is 2.61. The number of para-hydroxylation sites is 1. The zero-order valence-corrected chi connectivity index (χ0v) is 16.5. The van der Waals surface area contributed by atoms with Gasteiger partial charge < -0.3 is 5.32 Å². The molecule has 0 aliphatic rings. The van der Waals surface area contributed by atoms with Gasteiger partial charge in [0.15, 0.2) is 0 Å². The fourth-order valence-electron chi connectivity index (χ4n) is 3.00. The molecule has 0 fully saturated rings. The molecule has 0 spiro atoms. The molecular weight excluding hydrogens is 362 g/mol. The van der Waals surface area contributed by atoms with Crippen LogP contribution in [-0.2, 0) is 24.3 Å². The van der Waals surface area contributed by atoms with Crippen LogP contribution in [0.1, 0.15) is 25.6 Å². The SMILES string of the molecule is CC(C)(C)NC(=O)Cn1c(=O)n(CCc2cccs2)c(=O)c2ccccc21. The number of carbonyl (C=O) groups is 1. The number of amides is 1. The highest BCUT2D eigenvalue weighted by Gasteiger charge is 2.18. The normalized spacial score (nSPS) is 11.7. The molecule has 3 rings (SSSR count). The molecule has 1 amide bonds. The minimum Gasteiger partial charge on any atom is -0.350 e. The zero-order chi connectivity index (χ0) is 19.6. The van der Waals surface area contributed by atoms with Crippen molar-refractivity contribution in [3.8, 4) is 0 Å². The van der Waals surface area contributed by atoms with Crippen LogP contribution in [0.5, 0.6) is 0 Å². The lowest BCUT2D eigenvalue weighted by molar-refractivity contribution is -0.123. The van der Waals surface area contributed by atoms with E-state index < -0.39 is 11.2 Å². The number of rotatable bonds is 5. The maximum atomic E-state index is 13.0. The van der Waals surface area contributed by atoms with E-state index in [-0.39, 0.29) is 24.6 Å². The predicted molar refractivity (Wildman–Crippen MR) is 108 cm³/mol. The van der Waals surface area contributed by atoms with E-state index in [0.29, 0.717) is 17.3 Å². The van der Waals surface area contributed by atoms with Crippen LogP contribution >= 0.6 is 11.3 Å². The molecule has 1 N–H and O–H groups in total. The number of aromatic nitrogens is 2. The first-order chi connectivity index (χ1) is 12.8. The maximum absolute atomic E-state index is 13.0. The van der Waals surface area contributed by atoms with E-state index in [2.05, 4.69) is 5.32 Å². The highest BCUT2D eigenvalue weighted by molar-refractivity contribution is 7.09. The third kappa shape index (κ3) is 4.36. The number of fused-ring (bicyclic) bond motifs is 1. The number of nitrogens with zero attached hydrogens (tertiary/aromatic N) is 2. The first-order valence-electron chi connectivity index (χ1n) is 8.82. The van der Waals surface area contributed by atoms with E-state index in [1.54, 1.807) is 35.6 Å². The molecule has 0 saturated heterocycles. The van der Waals surface area contributed by atoms with Crippen LogP contribution in [0.15, 0.2) is 51.4 Å². The Bertz CT molecular complexity index is 1070. The molecule has 0 unspecified atom stereocenters. The van der Waals surface area contributed by atoms with Crippen LogP contribution in [0.4, 0.5) is 0 Å². The molecule has 0 aliphatic heterocycles. The minimum absolute atomic E-state index is 0.129. The molecule has 0 radical (unpaired) electrons. The maximum Gasteiger partial charge on any atom is 0.331 e. The molecular formula is C20H23N3O3S. The lowest BCUT2D eigenvalue weighted by atomic mass is 10.1. The molecule has 3 aromatic rings. The Hall–Kier alpha value is -2.67. The molecule has 7 heteroatoms. The summed E-state index contributed by atoms with van der Waals surface area (Å²) in [5.41, 5.74) is -0.702.